The lowest BCUT2D eigenvalue weighted by molar-refractivity contribution is -0.384. The molecular weight excluding hydrogens is 410 g/mol. The van der Waals surface area contributed by atoms with Gasteiger partial charge in [-0.05, 0) is 22.9 Å². The number of tetrazole rings is 1. The highest BCUT2D eigenvalue weighted by Gasteiger charge is 2.08. The van der Waals surface area contributed by atoms with Crippen molar-refractivity contribution in [3.05, 3.63) is 106 Å². The van der Waals surface area contributed by atoms with Crippen molar-refractivity contribution in [1.29, 1.82) is 0 Å². The number of carbonyl (C=O) groups is 1. The van der Waals surface area contributed by atoms with Crippen LogP contribution in [0.1, 0.15) is 21.5 Å². The molecule has 4 aromatic rings. The van der Waals surface area contributed by atoms with Crippen LogP contribution >= 0.6 is 0 Å². The minimum absolute atomic E-state index is 0.0476. The van der Waals surface area contributed by atoms with E-state index in [1.54, 1.807) is 36.4 Å². The predicted octanol–water partition coefficient (Wildman–Crippen LogP) is 3.06. The molecule has 0 radical (unpaired) electrons. The van der Waals surface area contributed by atoms with Gasteiger partial charge < -0.3 is 0 Å². The SMILES string of the molecule is O=C(N/N=C\c1cccc([N+](=O)[O-])c1)c1ccc(Cn2nnc(-c3ccccc3)n2)cc1. The second kappa shape index (κ2) is 9.39. The Morgan fingerprint density at radius 3 is 2.59 bits per heavy atom. The number of hydrogen-bond acceptors (Lipinski definition) is 7. The van der Waals surface area contributed by atoms with Crippen LogP contribution in [0.15, 0.2) is 84.0 Å². The number of aromatic nitrogens is 4. The summed E-state index contributed by atoms with van der Waals surface area (Å²) < 4.78 is 0. The Kier molecular flexibility index (Phi) is 6.03. The van der Waals surface area contributed by atoms with Crippen molar-refractivity contribution < 1.29 is 9.72 Å². The summed E-state index contributed by atoms with van der Waals surface area (Å²) in [7, 11) is 0. The number of nitrogens with zero attached hydrogens (tertiary/aromatic N) is 6. The molecule has 0 fully saturated rings. The molecule has 0 saturated carbocycles. The van der Waals surface area contributed by atoms with Crippen LogP contribution in [0.25, 0.3) is 11.4 Å². The van der Waals surface area contributed by atoms with Crippen molar-refractivity contribution in [3.63, 3.8) is 0 Å². The Labute approximate surface area is 182 Å². The number of hydrazone groups is 1. The third kappa shape index (κ3) is 5.05. The normalized spacial score (nSPS) is 10.9. The second-order valence-corrected chi connectivity index (χ2v) is 6.76. The zero-order valence-electron chi connectivity index (χ0n) is 16.7. The predicted molar refractivity (Wildman–Crippen MR) is 117 cm³/mol. The zero-order chi connectivity index (χ0) is 22.3. The van der Waals surface area contributed by atoms with E-state index in [1.165, 1.54) is 23.1 Å². The number of benzene rings is 3. The summed E-state index contributed by atoms with van der Waals surface area (Å²) in [5, 5.41) is 27.2. The molecule has 0 atom stereocenters. The molecule has 4 rings (SSSR count). The Morgan fingerprint density at radius 1 is 1.06 bits per heavy atom. The number of nitro groups is 1. The average molecular weight is 427 g/mol. The maximum atomic E-state index is 12.3. The van der Waals surface area contributed by atoms with Crippen LogP contribution < -0.4 is 5.43 Å². The van der Waals surface area contributed by atoms with E-state index in [2.05, 4.69) is 25.9 Å². The molecule has 32 heavy (non-hydrogen) atoms. The molecule has 158 valence electrons. The van der Waals surface area contributed by atoms with Gasteiger partial charge in [0.1, 0.15) is 0 Å². The van der Waals surface area contributed by atoms with Crippen LogP contribution in [0.2, 0.25) is 0 Å². The molecule has 0 spiro atoms. The van der Waals surface area contributed by atoms with E-state index in [0.29, 0.717) is 23.5 Å². The summed E-state index contributed by atoms with van der Waals surface area (Å²) in [6.07, 6.45) is 1.35. The molecule has 0 unspecified atom stereocenters. The fourth-order valence-electron chi connectivity index (χ4n) is 2.89. The van der Waals surface area contributed by atoms with Crippen molar-refractivity contribution in [2.75, 3.05) is 0 Å². The highest BCUT2D eigenvalue weighted by atomic mass is 16.6. The van der Waals surface area contributed by atoms with E-state index in [9.17, 15) is 14.9 Å². The van der Waals surface area contributed by atoms with E-state index < -0.39 is 10.8 Å². The quantitative estimate of drug-likeness (QED) is 0.274. The summed E-state index contributed by atoms with van der Waals surface area (Å²) >= 11 is 0. The van der Waals surface area contributed by atoms with Gasteiger partial charge in [0.2, 0.25) is 5.82 Å². The van der Waals surface area contributed by atoms with Crippen molar-refractivity contribution >= 4 is 17.8 Å². The molecule has 10 heteroatoms. The van der Waals surface area contributed by atoms with Gasteiger partial charge in [-0.15, -0.1) is 10.2 Å². The number of rotatable bonds is 7. The molecule has 1 aromatic heterocycles. The first-order chi connectivity index (χ1) is 15.6. The van der Waals surface area contributed by atoms with Gasteiger partial charge in [-0.2, -0.15) is 9.90 Å². The third-order valence-corrected chi connectivity index (χ3v) is 4.49. The topological polar surface area (TPSA) is 128 Å². The van der Waals surface area contributed by atoms with Gasteiger partial charge in [-0.25, -0.2) is 5.43 Å². The average Bonchev–Trinajstić information content (AvgIpc) is 3.29. The van der Waals surface area contributed by atoms with E-state index in [1.807, 2.05) is 30.3 Å². The summed E-state index contributed by atoms with van der Waals surface area (Å²) in [6, 6.07) is 22.4. The molecule has 1 amide bonds. The molecule has 0 aliphatic carbocycles. The number of amides is 1. The Balaban J connectivity index is 1.35. The lowest BCUT2D eigenvalue weighted by Crippen LogP contribution is -2.17. The van der Waals surface area contributed by atoms with Crippen LogP contribution in [0, 0.1) is 10.1 Å². The van der Waals surface area contributed by atoms with E-state index in [4.69, 9.17) is 0 Å². The molecule has 1 N–H and O–H groups in total. The lowest BCUT2D eigenvalue weighted by Gasteiger charge is -2.03. The summed E-state index contributed by atoms with van der Waals surface area (Å²) in [6.45, 7) is 0.409. The summed E-state index contributed by atoms with van der Waals surface area (Å²) in [5.41, 5.74) is 5.07. The smallest absolute Gasteiger partial charge is 0.267 e. The van der Waals surface area contributed by atoms with Gasteiger partial charge in [-0.1, -0.05) is 54.6 Å². The van der Waals surface area contributed by atoms with E-state index in [0.717, 1.165) is 11.1 Å². The summed E-state index contributed by atoms with van der Waals surface area (Å²) in [4.78, 5) is 24.1. The standard InChI is InChI=1S/C22H17N7O3/c30-22(25-23-14-17-5-4-8-20(13-17)29(31)32)19-11-9-16(10-12-19)15-28-26-21(24-27-28)18-6-2-1-3-7-18/h1-14H,15H2,(H,25,30)/b23-14-. The van der Waals surface area contributed by atoms with Gasteiger partial charge in [0.15, 0.2) is 0 Å². The second-order valence-electron chi connectivity index (χ2n) is 6.76. The monoisotopic (exact) mass is 427 g/mol. The zero-order valence-corrected chi connectivity index (χ0v) is 16.7. The highest BCUT2D eigenvalue weighted by molar-refractivity contribution is 5.94. The molecule has 0 saturated heterocycles. The van der Waals surface area contributed by atoms with Crippen LogP contribution in [0.4, 0.5) is 5.69 Å². The molecule has 10 nitrogen and oxygen atoms in total. The largest absolute Gasteiger partial charge is 0.271 e. The fourth-order valence-corrected chi connectivity index (χ4v) is 2.89. The lowest BCUT2D eigenvalue weighted by atomic mass is 10.1. The van der Waals surface area contributed by atoms with E-state index >= 15 is 0 Å². The number of nitro benzene ring substituents is 1. The number of non-ortho nitro benzene ring substituents is 1. The van der Waals surface area contributed by atoms with Crippen molar-refractivity contribution in [2.24, 2.45) is 5.10 Å². The minimum Gasteiger partial charge on any atom is -0.267 e. The van der Waals surface area contributed by atoms with E-state index in [-0.39, 0.29) is 5.69 Å². The fraction of sp³-hybridized carbons (Fsp3) is 0.0455. The van der Waals surface area contributed by atoms with Crippen molar-refractivity contribution in [2.45, 2.75) is 6.54 Å². The summed E-state index contributed by atoms with van der Waals surface area (Å²) in [5.74, 6) is 0.145. The molecule has 3 aromatic carbocycles. The van der Waals surface area contributed by atoms with Gasteiger partial charge in [-0.3, -0.25) is 14.9 Å². The van der Waals surface area contributed by atoms with Crippen LogP contribution in [-0.2, 0) is 6.54 Å². The first-order valence-corrected chi connectivity index (χ1v) is 9.58. The van der Waals surface area contributed by atoms with Crippen LogP contribution in [0.3, 0.4) is 0 Å². The maximum Gasteiger partial charge on any atom is 0.271 e. The van der Waals surface area contributed by atoms with Gasteiger partial charge in [0, 0.05) is 28.8 Å². The van der Waals surface area contributed by atoms with Crippen LogP contribution in [0.5, 0.6) is 0 Å². The van der Waals surface area contributed by atoms with Gasteiger partial charge in [0.25, 0.3) is 11.6 Å². The Morgan fingerprint density at radius 2 is 1.84 bits per heavy atom. The first-order valence-electron chi connectivity index (χ1n) is 9.58. The molecule has 1 heterocycles. The molecule has 0 aliphatic rings. The van der Waals surface area contributed by atoms with Gasteiger partial charge in [0.05, 0.1) is 17.7 Å². The number of hydrogen-bond donors (Lipinski definition) is 1. The van der Waals surface area contributed by atoms with Crippen molar-refractivity contribution in [1.82, 2.24) is 25.6 Å². The van der Waals surface area contributed by atoms with Gasteiger partial charge >= 0.3 is 0 Å². The Bertz CT molecular complexity index is 1270. The highest BCUT2D eigenvalue weighted by Crippen LogP contribution is 2.13. The third-order valence-electron chi connectivity index (χ3n) is 4.49. The minimum atomic E-state index is -0.491. The van der Waals surface area contributed by atoms with Crippen LogP contribution in [-0.4, -0.2) is 37.3 Å². The number of nitrogens with one attached hydrogen (secondary N) is 1. The molecule has 0 bridgehead atoms. The molecule has 0 aliphatic heterocycles. The first kappa shape index (κ1) is 20.5. The Hall–Kier alpha value is -4.73. The maximum absolute atomic E-state index is 12.3. The van der Waals surface area contributed by atoms with Crippen molar-refractivity contribution in [3.8, 4) is 11.4 Å². The molecular formula is C22H17N7O3. The number of carbonyl (C=O) groups excluding carboxylic acids is 1.